The highest BCUT2D eigenvalue weighted by molar-refractivity contribution is 5.94. The van der Waals surface area contributed by atoms with Crippen LogP contribution in [-0.4, -0.2) is 36.2 Å². The van der Waals surface area contributed by atoms with Crippen LogP contribution in [0.15, 0.2) is 18.2 Å². The summed E-state index contributed by atoms with van der Waals surface area (Å²) in [4.78, 5) is 21.9. The van der Waals surface area contributed by atoms with Gasteiger partial charge < -0.3 is 15.7 Å². The van der Waals surface area contributed by atoms with Crippen LogP contribution >= 0.6 is 0 Å². The SMILES string of the molecule is O=C(CNCC(F)(F)F)Nc1ccc(F)c(C(=O)O)c1. The fourth-order valence-corrected chi connectivity index (χ4v) is 1.29. The number of hydrogen-bond donors (Lipinski definition) is 3. The van der Waals surface area contributed by atoms with E-state index >= 15 is 0 Å². The average Bonchev–Trinajstić information content (AvgIpc) is 2.29. The summed E-state index contributed by atoms with van der Waals surface area (Å²) in [6.45, 7) is -1.94. The standard InChI is InChI=1S/C11H10F4N2O3/c12-8-2-1-6(3-7(8)10(19)20)17-9(18)4-16-5-11(13,14)15/h1-3,16H,4-5H2,(H,17,18)(H,19,20). The second-order valence-electron chi connectivity index (χ2n) is 3.77. The second kappa shape index (κ2) is 6.33. The Balaban J connectivity index is 2.58. The van der Waals surface area contributed by atoms with Crippen LogP contribution in [0.3, 0.4) is 0 Å². The summed E-state index contributed by atoms with van der Waals surface area (Å²) in [7, 11) is 0. The molecule has 1 amide bonds. The number of benzene rings is 1. The van der Waals surface area contributed by atoms with Crippen molar-refractivity contribution in [2.24, 2.45) is 0 Å². The molecule has 0 radical (unpaired) electrons. The molecule has 0 aliphatic rings. The molecule has 0 atom stereocenters. The van der Waals surface area contributed by atoms with E-state index in [1.807, 2.05) is 5.32 Å². The quantitative estimate of drug-likeness (QED) is 0.721. The average molecular weight is 294 g/mol. The Morgan fingerprint density at radius 2 is 1.90 bits per heavy atom. The third kappa shape index (κ3) is 5.22. The van der Waals surface area contributed by atoms with Gasteiger partial charge in [0, 0.05) is 5.69 Å². The molecular formula is C11H10F4N2O3. The first-order valence-electron chi connectivity index (χ1n) is 5.29. The van der Waals surface area contributed by atoms with Gasteiger partial charge in [0.25, 0.3) is 0 Å². The number of amides is 1. The van der Waals surface area contributed by atoms with Gasteiger partial charge in [0.2, 0.25) is 5.91 Å². The summed E-state index contributed by atoms with van der Waals surface area (Å²) in [5.74, 6) is -3.31. The number of halogens is 4. The molecule has 9 heteroatoms. The predicted molar refractivity (Wildman–Crippen MR) is 60.9 cm³/mol. The number of carbonyl (C=O) groups excluding carboxylic acids is 1. The van der Waals surface area contributed by atoms with E-state index in [1.165, 1.54) is 0 Å². The van der Waals surface area contributed by atoms with Crippen molar-refractivity contribution in [3.05, 3.63) is 29.6 Å². The fourth-order valence-electron chi connectivity index (χ4n) is 1.29. The molecule has 20 heavy (non-hydrogen) atoms. The van der Waals surface area contributed by atoms with Gasteiger partial charge in [-0.1, -0.05) is 0 Å². The highest BCUT2D eigenvalue weighted by atomic mass is 19.4. The van der Waals surface area contributed by atoms with Gasteiger partial charge in [0.1, 0.15) is 5.82 Å². The van der Waals surface area contributed by atoms with Gasteiger partial charge in [-0.05, 0) is 18.2 Å². The maximum absolute atomic E-state index is 13.1. The van der Waals surface area contributed by atoms with Crippen LogP contribution in [0.25, 0.3) is 0 Å². The molecule has 110 valence electrons. The largest absolute Gasteiger partial charge is 0.478 e. The zero-order chi connectivity index (χ0) is 15.3. The van der Waals surface area contributed by atoms with Crippen LogP contribution in [0.4, 0.5) is 23.2 Å². The minimum absolute atomic E-state index is 0.0254. The molecule has 0 saturated carbocycles. The Bertz CT molecular complexity index is 517. The Kier molecular flexibility index (Phi) is 5.03. The molecule has 0 spiro atoms. The predicted octanol–water partition coefficient (Wildman–Crippen LogP) is 1.61. The van der Waals surface area contributed by atoms with Gasteiger partial charge in [-0.25, -0.2) is 9.18 Å². The van der Waals surface area contributed by atoms with Gasteiger partial charge in [0.15, 0.2) is 0 Å². The number of carbonyl (C=O) groups is 2. The van der Waals surface area contributed by atoms with Gasteiger partial charge in [-0.2, -0.15) is 13.2 Å². The minimum atomic E-state index is -4.44. The zero-order valence-corrected chi connectivity index (χ0v) is 9.92. The van der Waals surface area contributed by atoms with Crippen molar-refractivity contribution in [3.8, 4) is 0 Å². The smallest absolute Gasteiger partial charge is 0.401 e. The Morgan fingerprint density at radius 3 is 2.45 bits per heavy atom. The van der Waals surface area contributed by atoms with E-state index in [-0.39, 0.29) is 5.69 Å². The van der Waals surface area contributed by atoms with Crippen molar-refractivity contribution in [2.75, 3.05) is 18.4 Å². The van der Waals surface area contributed by atoms with Crippen LogP contribution in [0, 0.1) is 5.82 Å². The Hall–Kier alpha value is -2.16. The molecule has 0 bridgehead atoms. The van der Waals surface area contributed by atoms with Crippen LogP contribution in [0.1, 0.15) is 10.4 Å². The number of carboxylic acid groups (broad SMARTS) is 1. The number of aromatic carboxylic acids is 1. The van der Waals surface area contributed by atoms with Crippen LogP contribution in [0.5, 0.6) is 0 Å². The monoisotopic (exact) mass is 294 g/mol. The first-order valence-corrected chi connectivity index (χ1v) is 5.29. The summed E-state index contributed by atoms with van der Waals surface area (Å²) in [5.41, 5.74) is -0.673. The lowest BCUT2D eigenvalue weighted by Crippen LogP contribution is -2.35. The number of anilines is 1. The maximum Gasteiger partial charge on any atom is 0.401 e. The second-order valence-corrected chi connectivity index (χ2v) is 3.77. The van der Waals surface area contributed by atoms with E-state index in [0.717, 1.165) is 18.2 Å². The molecule has 3 N–H and O–H groups in total. The Labute approximate surface area is 110 Å². The highest BCUT2D eigenvalue weighted by Crippen LogP contribution is 2.15. The van der Waals surface area contributed by atoms with Crippen molar-refractivity contribution in [2.45, 2.75) is 6.18 Å². The molecule has 1 aromatic carbocycles. The van der Waals surface area contributed by atoms with E-state index in [0.29, 0.717) is 0 Å². The van der Waals surface area contributed by atoms with Crippen LogP contribution < -0.4 is 10.6 Å². The molecule has 0 aliphatic carbocycles. The summed E-state index contributed by atoms with van der Waals surface area (Å²) < 4.78 is 48.5. The molecule has 0 aromatic heterocycles. The van der Waals surface area contributed by atoms with Gasteiger partial charge in [-0.3, -0.25) is 4.79 Å². The molecule has 0 aliphatic heterocycles. The third-order valence-corrected chi connectivity index (χ3v) is 2.09. The van der Waals surface area contributed by atoms with Gasteiger partial charge in [0.05, 0.1) is 18.7 Å². The zero-order valence-electron chi connectivity index (χ0n) is 9.92. The summed E-state index contributed by atoms with van der Waals surface area (Å²) in [6, 6.07) is 2.81. The minimum Gasteiger partial charge on any atom is -0.478 e. The molecule has 5 nitrogen and oxygen atoms in total. The van der Waals surface area contributed by atoms with Crippen molar-refractivity contribution < 1.29 is 32.3 Å². The van der Waals surface area contributed by atoms with Crippen molar-refractivity contribution in [1.29, 1.82) is 0 Å². The van der Waals surface area contributed by atoms with E-state index in [2.05, 4.69) is 5.32 Å². The normalized spacial score (nSPS) is 11.2. The van der Waals surface area contributed by atoms with Gasteiger partial charge >= 0.3 is 12.1 Å². The van der Waals surface area contributed by atoms with Crippen LogP contribution in [0.2, 0.25) is 0 Å². The fraction of sp³-hybridized carbons (Fsp3) is 0.273. The first-order chi connectivity index (χ1) is 9.19. The van der Waals surface area contributed by atoms with Crippen LogP contribution in [-0.2, 0) is 4.79 Å². The molecule has 0 heterocycles. The third-order valence-electron chi connectivity index (χ3n) is 2.09. The number of hydrogen-bond acceptors (Lipinski definition) is 3. The van der Waals surface area contributed by atoms with E-state index in [9.17, 15) is 27.2 Å². The summed E-state index contributed by atoms with van der Waals surface area (Å²) >= 11 is 0. The lowest BCUT2D eigenvalue weighted by atomic mass is 10.2. The topological polar surface area (TPSA) is 78.4 Å². The molecular weight excluding hydrogens is 284 g/mol. The lowest BCUT2D eigenvalue weighted by molar-refractivity contribution is -0.127. The summed E-state index contributed by atoms with van der Waals surface area (Å²) in [5, 5.41) is 12.7. The van der Waals surface area contributed by atoms with E-state index in [1.54, 1.807) is 0 Å². The van der Waals surface area contributed by atoms with E-state index in [4.69, 9.17) is 5.11 Å². The Morgan fingerprint density at radius 1 is 1.25 bits per heavy atom. The molecule has 0 fully saturated rings. The number of alkyl halides is 3. The number of carboxylic acids is 1. The lowest BCUT2D eigenvalue weighted by Gasteiger charge is -2.09. The first kappa shape index (κ1) is 15.9. The number of nitrogens with one attached hydrogen (secondary N) is 2. The maximum atomic E-state index is 13.1. The number of rotatable bonds is 5. The van der Waals surface area contributed by atoms with Crippen molar-refractivity contribution in [3.63, 3.8) is 0 Å². The molecule has 0 unspecified atom stereocenters. The molecule has 1 aromatic rings. The highest BCUT2D eigenvalue weighted by Gasteiger charge is 2.26. The van der Waals surface area contributed by atoms with Crippen molar-refractivity contribution in [1.82, 2.24) is 5.32 Å². The van der Waals surface area contributed by atoms with Crippen molar-refractivity contribution >= 4 is 17.6 Å². The van der Waals surface area contributed by atoms with E-state index < -0.39 is 42.5 Å². The molecule has 1 rings (SSSR count). The van der Waals surface area contributed by atoms with Gasteiger partial charge in [-0.15, -0.1) is 0 Å². The summed E-state index contributed by atoms with van der Waals surface area (Å²) in [6.07, 6.45) is -4.44. The molecule has 0 saturated heterocycles.